The Labute approximate surface area is 78.6 Å². The minimum absolute atomic E-state index is 0. The summed E-state index contributed by atoms with van der Waals surface area (Å²) in [6, 6.07) is 0. The van der Waals surface area contributed by atoms with Crippen LogP contribution in [0.15, 0.2) is 0 Å². The Hall–Kier alpha value is -0.480. The molecule has 0 saturated carbocycles. The number of rotatable bonds is 1. The van der Waals surface area contributed by atoms with Gasteiger partial charge in [0.2, 0.25) is 0 Å². The van der Waals surface area contributed by atoms with E-state index in [0.717, 1.165) is 25.9 Å². The lowest BCUT2D eigenvalue weighted by atomic mass is 10.3. The van der Waals surface area contributed by atoms with Gasteiger partial charge in [-0.15, -0.1) is 12.4 Å². The summed E-state index contributed by atoms with van der Waals surface area (Å²) < 4.78 is 4.81. The smallest absolute Gasteiger partial charge is 0.424 e. The van der Waals surface area contributed by atoms with Crippen LogP contribution in [0.4, 0.5) is 4.79 Å². The maximum atomic E-state index is 11.0. The first-order valence-corrected chi connectivity index (χ1v) is 4.02. The third-order valence-electron chi connectivity index (χ3n) is 1.60. The first-order chi connectivity index (χ1) is 5.34. The molecule has 12 heavy (non-hydrogen) atoms. The van der Waals surface area contributed by atoms with E-state index in [4.69, 9.17) is 4.74 Å². The number of hydrogen-bond acceptors (Lipinski definition) is 3. The largest absolute Gasteiger partial charge is 0.449 e. The van der Waals surface area contributed by atoms with Gasteiger partial charge in [-0.05, 0) is 19.8 Å². The van der Waals surface area contributed by atoms with Gasteiger partial charge in [0.25, 0.3) is 0 Å². The number of carbonyl (C=O) groups excluding carboxylic acids is 1. The van der Waals surface area contributed by atoms with Gasteiger partial charge in [0, 0.05) is 13.1 Å². The molecule has 0 spiro atoms. The van der Waals surface area contributed by atoms with Crippen molar-refractivity contribution in [3.8, 4) is 0 Å². The summed E-state index contributed by atoms with van der Waals surface area (Å²) in [5.74, 6) is 0. The Morgan fingerprint density at radius 2 is 2.33 bits per heavy atom. The van der Waals surface area contributed by atoms with Gasteiger partial charge in [0.05, 0.1) is 6.61 Å². The second kappa shape index (κ2) is 6.08. The number of hydrogen-bond donors (Lipinski definition) is 1. The van der Waals surface area contributed by atoms with Crippen LogP contribution < -0.4 is 5.43 Å². The van der Waals surface area contributed by atoms with E-state index in [1.165, 1.54) is 5.01 Å². The summed E-state index contributed by atoms with van der Waals surface area (Å²) in [5, 5.41) is 1.53. The predicted molar refractivity (Wildman–Crippen MR) is 48.2 cm³/mol. The fraction of sp³-hybridized carbons (Fsp3) is 0.857. The van der Waals surface area contributed by atoms with Crippen molar-refractivity contribution in [1.29, 1.82) is 0 Å². The van der Waals surface area contributed by atoms with Crippen molar-refractivity contribution >= 4 is 18.5 Å². The van der Waals surface area contributed by atoms with E-state index < -0.39 is 0 Å². The van der Waals surface area contributed by atoms with Crippen molar-refractivity contribution in [3.63, 3.8) is 0 Å². The Balaban J connectivity index is 0.00000121. The highest BCUT2D eigenvalue weighted by Gasteiger charge is 2.15. The zero-order valence-corrected chi connectivity index (χ0v) is 8.02. The van der Waals surface area contributed by atoms with Crippen LogP contribution in [0.3, 0.4) is 0 Å². The molecule has 1 rings (SSSR count). The molecule has 1 aliphatic heterocycles. The molecule has 0 unspecified atom stereocenters. The quantitative estimate of drug-likeness (QED) is 0.681. The molecule has 0 atom stereocenters. The summed E-state index contributed by atoms with van der Waals surface area (Å²) >= 11 is 0. The molecule has 0 aromatic heterocycles. The van der Waals surface area contributed by atoms with Crippen LogP contribution >= 0.6 is 12.4 Å². The van der Waals surface area contributed by atoms with Crippen LogP contribution in [-0.4, -0.2) is 30.8 Å². The molecule has 5 heteroatoms. The van der Waals surface area contributed by atoms with Gasteiger partial charge in [-0.25, -0.2) is 15.2 Å². The number of amides is 1. The topological polar surface area (TPSA) is 41.6 Å². The average Bonchev–Trinajstić information content (AvgIpc) is 2.07. The molecule has 4 nitrogen and oxygen atoms in total. The van der Waals surface area contributed by atoms with Crippen LogP contribution in [-0.2, 0) is 4.74 Å². The lowest BCUT2D eigenvalue weighted by Gasteiger charge is -2.26. The highest BCUT2D eigenvalue weighted by molar-refractivity contribution is 5.85. The number of nitrogens with one attached hydrogen (secondary N) is 1. The Kier molecular flexibility index (Phi) is 5.84. The lowest BCUT2D eigenvalue weighted by Crippen LogP contribution is -2.47. The van der Waals surface area contributed by atoms with Gasteiger partial charge in [-0.3, -0.25) is 0 Å². The minimum Gasteiger partial charge on any atom is -0.449 e. The molecule has 0 aromatic carbocycles. The van der Waals surface area contributed by atoms with Crippen LogP contribution in [0, 0.1) is 0 Å². The van der Waals surface area contributed by atoms with Crippen molar-refractivity contribution in [3.05, 3.63) is 0 Å². The Morgan fingerprint density at radius 1 is 1.58 bits per heavy atom. The summed E-state index contributed by atoms with van der Waals surface area (Å²) in [5.41, 5.74) is 2.96. The van der Waals surface area contributed by atoms with E-state index in [9.17, 15) is 4.79 Å². The normalized spacial score (nSPS) is 16.6. The van der Waals surface area contributed by atoms with Gasteiger partial charge >= 0.3 is 6.09 Å². The lowest BCUT2D eigenvalue weighted by molar-refractivity contribution is 0.0768. The Morgan fingerprint density at radius 3 is 2.83 bits per heavy atom. The summed E-state index contributed by atoms with van der Waals surface area (Å²) in [7, 11) is 0. The fourth-order valence-corrected chi connectivity index (χ4v) is 1.05. The van der Waals surface area contributed by atoms with Gasteiger partial charge in [-0.2, -0.15) is 0 Å². The predicted octanol–water partition coefficient (Wildman–Crippen LogP) is 1.17. The van der Waals surface area contributed by atoms with Crippen LogP contribution in [0.5, 0.6) is 0 Å². The first kappa shape index (κ1) is 11.5. The van der Waals surface area contributed by atoms with Crippen molar-refractivity contribution in [1.82, 2.24) is 10.4 Å². The molecule has 1 amide bonds. The van der Waals surface area contributed by atoms with Crippen LogP contribution in [0.2, 0.25) is 0 Å². The second-order valence-corrected chi connectivity index (χ2v) is 2.47. The maximum absolute atomic E-state index is 11.0. The van der Waals surface area contributed by atoms with E-state index >= 15 is 0 Å². The minimum atomic E-state index is -0.257. The first-order valence-electron chi connectivity index (χ1n) is 4.02. The van der Waals surface area contributed by atoms with Crippen molar-refractivity contribution in [2.75, 3.05) is 19.7 Å². The third-order valence-corrected chi connectivity index (χ3v) is 1.60. The van der Waals surface area contributed by atoms with E-state index in [1.807, 2.05) is 6.92 Å². The number of hydrazine groups is 1. The number of ether oxygens (including phenoxy) is 1. The van der Waals surface area contributed by atoms with E-state index in [2.05, 4.69) is 5.43 Å². The average molecular weight is 195 g/mol. The van der Waals surface area contributed by atoms with Gasteiger partial charge < -0.3 is 4.74 Å². The summed E-state index contributed by atoms with van der Waals surface area (Å²) in [6.45, 7) is 3.89. The van der Waals surface area contributed by atoms with Crippen LogP contribution in [0.25, 0.3) is 0 Å². The molecule has 0 aliphatic carbocycles. The molecule has 1 N–H and O–H groups in total. The van der Waals surface area contributed by atoms with Crippen molar-refractivity contribution in [2.24, 2.45) is 0 Å². The standard InChI is InChI=1S/C7H14N2O2.ClH/c1-2-11-7(10)9-6-4-3-5-8-9;/h8H,2-6H2,1H3;1H. The highest BCUT2D eigenvalue weighted by atomic mass is 35.5. The molecular formula is C7H15ClN2O2. The van der Waals surface area contributed by atoms with Crippen molar-refractivity contribution < 1.29 is 9.53 Å². The van der Waals surface area contributed by atoms with Gasteiger partial charge in [0.1, 0.15) is 0 Å². The molecular weight excluding hydrogens is 180 g/mol. The molecule has 72 valence electrons. The van der Waals surface area contributed by atoms with Crippen LogP contribution in [0.1, 0.15) is 19.8 Å². The maximum Gasteiger partial charge on any atom is 0.424 e. The molecule has 1 heterocycles. The Bertz CT molecular complexity index is 137. The number of nitrogens with zero attached hydrogens (tertiary/aromatic N) is 1. The molecule has 0 aromatic rings. The number of carbonyl (C=O) groups is 1. The van der Waals surface area contributed by atoms with Crippen molar-refractivity contribution in [2.45, 2.75) is 19.8 Å². The van der Waals surface area contributed by atoms with E-state index in [-0.39, 0.29) is 18.5 Å². The second-order valence-electron chi connectivity index (χ2n) is 2.47. The summed E-state index contributed by atoms with van der Waals surface area (Å²) in [4.78, 5) is 11.0. The number of halogens is 1. The fourth-order valence-electron chi connectivity index (χ4n) is 1.05. The summed E-state index contributed by atoms with van der Waals surface area (Å²) in [6.07, 6.45) is 1.94. The highest BCUT2D eigenvalue weighted by Crippen LogP contribution is 2.00. The van der Waals surface area contributed by atoms with E-state index in [0.29, 0.717) is 6.61 Å². The third kappa shape index (κ3) is 3.28. The molecule has 0 radical (unpaired) electrons. The molecule has 1 aliphatic rings. The molecule has 1 saturated heterocycles. The zero-order valence-electron chi connectivity index (χ0n) is 7.21. The SMILES string of the molecule is CCOC(=O)N1CCCCN1.Cl. The zero-order chi connectivity index (χ0) is 8.10. The molecule has 1 fully saturated rings. The van der Waals surface area contributed by atoms with Gasteiger partial charge in [0.15, 0.2) is 0 Å². The monoisotopic (exact) mass is 194 g/mol. The van der Waals surface area contributed by atoms with Gasteiger partial charge in [-0.1, -0.05) is 0 Å². The molecule has 0 bridgehead atoms. The van der Waals surface area contributed by atoms with E-state index in [1.54, 1.807) is 0 Å².